The van der Waals surface area contributed by atoms with Crippen LogP contribution in [-0.2, 0) is 4.74 Å². The summed E-state index contributed by atoms with van der Waals surface area (Å²) in [6.45, 7) is 3.59. The summed E-state index contributed by atoms with van der Waals surface area (Å²) in [5, 5.41) is 7.04. The minimum absolute atomic E-state index is 0. The second kappa shape index (κ2) is 11.1. The fourth-order valence-electron chi connectivity index (χ4n) is 1.49. The van der Waals surface area contributed by atoms with Crippen molar-refractivity contribution < 1.29 is 4.74 Å². The number of ether oxygens (including phenoxy) is 1. The molecule has 1 rings (SSSR count). The van der Waals surface area contributed by atoms with Crippen molar-refractivity contribution in [3.8, 4) is 0 Å². The Morgan fingerprint density at radius 3 is 2.86 bits per heavy atom. The van der Waals surface area contributed by atoms with Crippen LogP contribution in [0, 0.1) is 0 Å². The summed E-state index contributed by atoms with van der Waals surface area (Å²) in [4.78, 5) is 8.26. The number of pyridine rings is 1. The molecule has 0 aromatic carbocycles. The van der Waals surface area contributed by atoms with Gasteiger partial charge >= 0.3 is 0 Å². The molecule has 21 heavy (non-hydrogen) atoms. The van der Waals surface area contributed by atoms with E-state index in [-0.39, 0.29) is 30.0 Å². The summed E-state index contributed by atoms with van der Waals surface area (Å²) in [5.74, 6) is 0.956. The van der Waals surface area contributed by atoms with Gasteiger partial charge in [0.05, 0.1) is 23.2 Å². The number of rotatable bonds is 7. The van der Waals surface area contributed by atoms with E-state index in [1.807, 2.05) is 6.92 Å². The fraction of sp³-hybridized carbons (Fsp3) is 0.500. The number of nitrogens with zero attached hydrogens (tertiary/aromatic N) is 2. The summed E-state index contributed by atoms with van der Waals surface area (Å²) >= 11 is 11.7. The molecule has 6 nitrogen and oxygen atoms in total. The molecule has 0 saturated carbocycles. The first-order valence-electron chi connectivity index (χ1n) is 6.13. The molecule has 1 aromatic rings. The normalized spacial score (nSPS) is 12.5. The first-order valence-corrected chi connectivity index (χ1v) is 6.88. The van der Waals surface area contributed by atoms with Crippen LogP contribution in [0.3, 0.4) is 0 Å². The number of aromatic nitrogens is 1. The number of hydrogen-bond acceptors (Lipinski definition) is 4. The van der Waals surface area contributed by atoms with Crippen LogP contribution in [0.2, 0.25) is 10.0 Å². The van der Waals surface area contributed by atoms with Crippen molar-refractivity contribution in [2.45, 2.75) is 13.0 Å². The van der Waals surface area contributed by atoms with Gasteiger partial charge in [0.15, 0.2) is 5.96 Å². The van der Waals surface area contributed by atoms with E-state index in [2.05, 4.69) is 20.6 Å². The molecule has 0 amide bonds. The van der Waals surface area contributed by atoms with E-state index >= 15 is 0 Å². The topological polar surface area (TPSA) is 84.6 Å². The molecule has 4 N–H and O–H groups in total. The summed E-state index contributed by atoms with van der Waals surface area (Å²) in [7, 11) is 1.64. The predicted molar refractivity (Wildman–Crippen MR) is 99.1 cm³/mol. The van der Waals surface area contributed by atoms with Crippen LogP contribution in [-0.4, -0.2) is 43.8 Å². The molecule has 9 heteroatoms. The largest absolute Gasteiger partial charge is 0.383 e. The quantitative estimate of drug-likeness (QED) is 0.258. The van der Waals surface area contributed by atoms with E-state index in [0.717, 1.165) is 0 Å². The predicted octanol–water partition coefficient (Wildman–Crippen LogP) is 2.36. The van der Waals surface area contributed by atoms with E-state index in [0.29, 0.717) is 41.5 Å². The molecule has 0 aliphatic rings. The Morgan fingerprint density at radius 1 is 1.52 bits per heavy atom. The zero-order valence-corrected chi connectivity index (χ0v) is 15.7. The van der Waals surface area contributed by atoms with Gasteiger partial charge in [0, 0.05) is 25.9 Å². The molecular weight excluding hydrogens is 428 g/mol. The molecule has 1 atom stereocenters. The average molecular weight is 448 g/mol. The molecule has 0 bridgehead atoms. The van der Waals surface area contributed by atoms with Crippen LogP contribution in [0.15, 0.2) is 17.3 Å². The highest BCUT2D eigenvalue weighted by Gasteiger charge is 2.03. The molecule has 1 heterocycles. The van der Waals surface area contributed by atoms with Gasteiger partial charge in [0.1, 0.15) is 5.82 Å². The smallest absolute Gasteiger partial charge is 0.188 e. The number of hydrogen-bond donors (Lipinski definition) is 3. The van der Waals surface area contributed by atoms with E-state index in [1.165, 1.54) is 6.20 Å². The molecule has 0 aliphatic heterocycles. The second-order valence-corrected chi connectivity index (χ2v) is 5.02. The average Bonchev–Trinajstić information content (AvgIpc) is 2.36. The third-order valence-corrected chi connectivity index (χ3v) is 2.80. The lowest BCUT2D eigenvalue weighted by atomic mass is 10.4. The Hall–Kier alpha value is -0.510. The van der Waals surface area contributed by atoms with E-state index in [9.17, 15) is 0 Å². The number of aliphatic imine (C=N–C) groups is 1. The summed E-state index contributed by atoms with van der Waals surface area (Å²) < 4.78 is 4.99. The number of anilines is 1. The van der Waals surface area contributed by atoms with Gasteiger partial charge < -0.3 is 21.1 Å². The van der Waals surface area contributed by atoms with Gasteiger partial charge in [-0.25, -0.2) is 4.98 Å². The molecule has 0 radical (unpaired) electrons. The van der Waals surface area contributed by atoms with E-state index in [1.54, 1.807) is 13.2 Å². The molecular formula is C12H20Cl2IN5O. The minimum atomic E-state index is 0. The van der Waals surface area contributed by atoms with Crippen molar-refractivity contribution >= 4 is 59.0 Å². The van der Waals surface area contributed by atoms with E-state index < -0.39 is 0 Å². The monoisotopic (exact) mass is 447 g/mol. The van der Waals surface area contributed by atoms with Gasteiger partial charge in [-0.3, -0.25) is 4.99 Å². The van der Waals surface area contributed by atoms with Crippen molar-refractivity contribution in [2.24, 2.45) is 10.7 Å². The SMILES string of the molecule is COCC(C)NC(N)=NCCNc1ncc(Cl)cc1Cl.I. The zero-order chi connectivity index (χ0) is 15.0. The van der Waals surface area contributed by atoms with Crippen molar-refractivity contribution in [3.63, 3.8) is 0 Å². The van der Waals surface area contributed by atoms with E-state index in [4.69, 9.17) is 33.7 Å². The molecule has 0 fully saturated rings. The molecule has 120 valence electrons. The maximum absolute atomic E-state index is 5.98. The number of halogens is 3. The van der Waals surface area contributed by atoms with Crippen molar-refractivity contribution in [3.05, 3.63) is 22.3 Å². The van der Waals surface area contributed by atoms with Gasteiger partial charge in [-0.15, -0.1) is 24.0 Å². The van der Waals surface area contributed by atoms with Crippen LogP contribution in [0.1, 0.15) is 6.92 Å². The summed E-state index contributed by atoms with van der Waals surface area (Å²) in [6.07, 6.45) is 1.53. The van der Waals surface area contributed by atoms with Crippen molar-refractivity contribution in [1.29, 1.82) is 0 Å². The summed E-state index contributed by atoms with van der Waals surface area (Å²) in [6, 6.07) is 1.74. The lowest BCUT2D eigenvalue weighted by molar-refractivity contribution is 0.179. The molecule has 0 spiro atoms. The summed E-state index contributed by atoms with van der Waals surface area (Å²) in [5.41, 5.74) is 5.73. The number of guanidine groups is 1. The highest BCUT2D eigenvalue weighted by molar-refractivity contribution is 14.0. The molecule has 0 saturated heterocycles. The Kier molecular flexibility index (Phi) is 10.8. The standard InChI is InChI=1S/C12H19Cl2N5O.HI/c1-8(7-20-2)19-12(15)17-4-3-16-11-10(14)5-9(13)6-18-11;/h5-6,8H,3-4,7H2,1-2H3,(H,16,18)(H3,15,17,19);1H. The Bertz CT molecular complexity index is 461. The third kappa shape index (κ3) is 8.50. The van der Waals surface area contributed by atoms with Gasteiger partial charge in [-0.05, 0) is 13.0 Å². The molecule has 1 aromatic heterocycles. The highest BCUT2D eigenvalue weighted by Crippen LogP contribution is 2.21. The third-order valence-electron chi connectivity index (χ3n) is 2.31. The van der Waals surface area contributed by atoms with Crippen molar-refractivity contribution in [2.75, 3.05) is 32.1 Å². The maximum atomic E-state index is 5.98. The van der Waals surface area contributed by atoms with Crippen LogP contribution in [0.25, 0.3) is 0 Å². The lowest BCUT2D eigenvalue weighted by Crippen LogP contribution is -2.40. The Morgan fingerprint density at radius 2 is 2.24 bits per heavy atom. The van der Waals surface area contributed by atoms with Gasteiger partial charge in [-0.2, -0.15) is 0 Å². The lowest BCUT2D eigenvalue weighted by Gasteiger charge is -2.13. The number of nitrogens with one attached hydrogen (secondary N) is 2. The second-order valence-electron chi connectivity index (χ2n) is 4.18. The Balaban J connectivity index is 0.00000400. The number of methoxy groups -OCH3 is 1. The van der Waals surface area contributed by atoms with Crippen LogP contribution in [0.5, 0.6) is 0 Å². The van der Waals surface area contributed by atoms with Crippen LogP contribution < -0.4 is 16.4 Å². The molecule has 1 unspecified atom stereocenters. The maximum Gasteiger partial charge on any atom is 0.188 e. The highest BCUT2D eigenvalue weighted by atomic mass is 127. The van der Waals surface area contributed by atoms with Crippen molar-refractivity contribution in [1.82, 2.24) is 10.3 Å². The Labute approximate surface area is 151 Å². The van der Waals surface area contributed by atoms with Crippen LogP contribution >= 0.6 is 47.2 Å². The minimum Gasteiger partial charge on any atom is -0.383 e. The van der Waals surface area contributed by atoms with Gasteiger partial charge in [0.2, 0.25) is 0 Å². The van der Waals surface area contributed by atoms with Gasteiger partial charge in [0.25, 0.3) is 0 Å². The zero-order valence-electron chi connectivity index (χ0n) is 11.9. The molecule has 0 aliphatic carbocycles. The number of nitrogens with two attached hydrogens (primary N) is 1. The first-order chi connectivity index (χ1) is 9.52. The fourth-order valence-corrected chi connectivity index (χ4v) is 1.93. The van der Waals surface area contributed by atoms with Crippen LogP contribution in [0.4, 0.5) is 5.82 Å². The first kappa shape index (κ1) is 20.5. The van der Waals surface area contributed by atoms with Gasteiger partial charge in [-0.1, -0.05) is 23.2 Å².